The SMILES string of the molecule is CCC1CNC(CC)(CC)CN1C(C)CS(C)=O. The molecule has 0 aromatic carbocycles. The molecule has 0 aliphatic carbocycles. The number of piperazine rings is 1. The van der Waals surface area contributed by atoms with Gasteiger partial charge in [0.15, 0.2) is 0 Å². The van der Waals surface area contributed by atoms with Crippen LogP contribution in [0, 0.1) is 0 Å². The van der Waals surface area contributed by atoms with E-state index in [0.29, 0.717) is 12.1 Å². The van der Waals surface area contributed by atoms with Crippen molar-refractivity contribution in [2.45, 2.75) is 64.6 Å². The third-order valence-corrected chi connectivity index (χ3v) is 5.49. The summed E-state index contributed by atoms with van der Waals surface area (Å²) >= 11 is 0. The molecule has 18 heavy (non-hydrogen) atoms. The molecule has 108 valence electrons. The van der Waals surface area contributed by atoms with Gasteiger partial charge in [-0.05, 0) is 26.2 Å². The summed E-state index contributed by atoms with van der Waals surface area (Å²) in [6.07, 6.45) is 5.31. The Bertz CT molecular complexity index is 279. The first-order valence-corrected chi connectivity index (χ1v) is 9.01. The predicted octanol–water partition coefficient (Wildman–Crippen LogP) is 2.00. The van der Waals surface area contributed by atoms with E-state index in [1.54, 1.807) is 0 Å². The molecular formula is C14H30N2OS. The van der Waals surface area contributed by atoms with Gasteiger partial charge in [0, 0.05) is 53.5 Å². The second-order valence-corrected chi connectivity index (χ2v) is 7.17. The number of nitrogens with one attached hydrogen (secondary N) is 1. The van der Waals surface area contributed by atoms with E-state index >= 15 is 0 Å². The van der Waals surface area contributed by atoms with Gasteiger partial charge in [0.1, 0.15) is 0 Å². The second kappa shape index (κ2) is 7.01. The quantitative estimate of drug-likeness (QED) is 0.804. The van der Waals surface area contributed by atoms with Gasteiger partial charge in [0.05, 0.1) is 0 Å². The minimum atomic E-state index is -0.705. The molecule has 4 heteroatoms. The van der Waals surface area contributed by atoms with Crippen LogP contribution >= 0.6 is 0 Å². The lowest BCUT2D eigenvalue weighted by atomic mass is 9.87. The molecule has 1 rings (SSSR count). The Labute approximate surface area is 115 Å². The molecule has 1 fully saturated rings. The zero-order valence-electron chi connectivity index (χ0n) is 12.7. The summed E-state index contributed by atoms with van der Waals surface area (Å²) in [6, 6.07) is 1.01. The Morgan fingerprint density at radius 2 is 2.00 bits per heavy atom. The normalized spacial score (nSPS) is 27.9. The van der Waals surface area contributed by atoms with Crippen LogP contribution in [0.5, 0.6) is 0 Å². The lowest BCUT2D eigenvalue weighted by molar-refractivity contribution is 0.0475. The largest absolute Gasteiger partial charge is 0.308 e. The van der Waals surface area contributed by atoms with Crippen molar-refractivity contribution in [2.75, 3.05) is 25.1 Å². The first kappa shape index (κ1) is 16.1. The van der Waals surface area contributed by atoms with E-state index in [1.165, 1.54) is 12.8 Å². The fourth-order valence-corrected chi connectivity index (χ4v) is 3.91. The highest BCUT2D eigenvalue weighted by molar-refractivity contribution is 7.84. The lowest BCUT2D eigenvalue weighted by Gasteiger charge is -2.49. The van der Waals surface area contributed by atoms with Crippen molar-refractivity contribution >= 4 is 10.8 Å². The van der Waals surface area contributed by atoms with Gasteiger partial charge in [0.2, 0.25) is 0 Å². The van der Waals surface area contributed by atoms with Crippen molar-refractivity contribution < 1.29 is 4.21 Å². The Hall–Kier alpha value is 0.0700. The Kier molecular flexibility index (Phi) is 6.28. The zero-order chi connectivity index (χ0) is 13.8. The van der Waals surface area contributed by atoms with Gasteiger partial charge in [-0.1, -0.05) is 20.8 Å². The minimum absolute atomic E-state index is 0.259. The predicted molar refractivity (Wildman–Crippen MR) is 80.5 cm³/mol. The molecule has 3 nitrogen and oxygen atoms in total. The van der Waals surface area contributed by atoms with E-state index in [9.17, 15) is 4.21 Å². The van der Waals surface area contributed by atoms with E-state index in [4.69, 9.17) is 0 Å². The standard InChI is InChI=1S/C14H30N2OS/c1-6-13-9-15-14(7-2,8-3)11-16(13)12(4)10-18(5)17/h12-13,15H,6-11H2,1-5H3. The van der Waals surface area contributed by atoms with Crippen LogP contribution in [0.25, 0.3) is 0 Å². The Morgan fingerprint density at radius 3 is 2.44 bits per heavy atom. The molecule has 0 radical (unpaired) electrons. The number of hydrogen-bond donors (Lipinski definition) is 1. The summed E-state index contributed by atoms with van der Waals surface area (Å²) in [5.74, 6) is 0.792. The van der Waals surface area contributed by atoms with Crippen LogP contribution in [-0.2, 0) is 10.8 Å². The maximum atomic E-state index is 11.5. The third-order valence-electron chi connectivity index (χ3n) is 4.53. The van der Waals surface area contributed by atoms with Crippen molar-refractivity contribution in [2.24, 2.45) is 0 Å². The topological polar surface area (TPSA) is 32.3 Å². The van der Waals surface area contributed by atoms with Crippen molar-refractivity contribution in [3.63, 3.8) is 0 Å². The number of rotatable bonds is 6. The Morgan fingerprint density at radius 1 is 1.39 bits per heavy atom. The first-order valence-electron chi connectivity index (χ1n) is 7.28. The van der Waals surface area contributed by atoms with Gasteiger partial charge in [-0.3, -0.25) is 9.11 Å². The van der Waals surface area contributed by atoms with Crippen LogP contribution < -0.4 is 5.32 Å². The highest BCUT2D eigenvalue weighted by Crippen LogP contribution is 2.25. The lowest BCUT2D eigenvalue weighted by Crippen LogP contribution is -2.65. The summed E-state index contributed by atoms with van der Waals surface area (Å²) in [4.78, 5) is 2.59. The van der Waals surface area contributed by atoms with Crippen molar-refractivity contribution in [3.8, 4) is 0 Å². The Balaban J connectivity index is 2.78. The van der Waals surface area contributed by atoms with E-state index in [-0.39, 0.29) is 5.54 Å². The van der Waals surface area contributed by atoms with Crippen molar-refractivity contribution in [3.05, 3.63) is 0 Å². The molecule has 3 atom stereocenters. The van der Waals surface area contributed by atoms with Crippen LogP contribution in [-0.4, -0.2) is 51.8 Å². The minimum Gasteiger partial charge on any atom is -0.308 e. The molecule has 1 N–H and O–H groups in total. The fraction of sp³-hybridized carbons (Fsp3) is 1.00. The highest BCUT2D eigenvalue weighted by Gasteiger charge is 2.37. The summed E-state index contributed by atoms with van der Waals surface area (Å²) < 4.78 is 11.5. The van der Waals surface area contributed by atoms with Gasteiger partial charge < -0.3 is 5.32 Å². The number of hydrogen-bond acceptors (Lipinski definition) is 3. The molecule has 1 aliphatic heterocycles. The van der Waals surface area contributed by atoms with Gasteiger partial charge >= 0.3 is 0 Å². The molecule has 0 amide bonds. The summed E-state index contributed by atoms with van der Waals surface area (Å²) in [7, 11) is -0.705. The van der Waals surface area contributed by atoms with Crippen molar-refractivity contribution in [1.29, 1.82) is 0 Å². The molecule has 3 unspecified atom stereocenters. The first-order chi connectivity index (χ1) is 8.48. The maximum absolute atomic E-state index is 11.5. The monoisotopic (exact) mass is 274 g/mol. The summed E-state index contributed by atoms with van der Waals surface area (Å²) in [5.41, 5.74) is 0.259. The van der Waals surface area contributed by atoms with Crippen LogP contribution in [0.4, 0.5) is 0 Å². The maximum Gasteiger partial charge on any atom is 0.0385 e. The van der Waals surface area contributed by atoms with E-state index < -0.39 is 10.8 Å². The van der Waals surface area contributed by atoms with Crippen LogP contribution in [0.3, 0.4) is 0 Å². The second-order valence-electron chi connectivity index (χ2n) is 5.69. The molecule has 0 aromatic heterocycles. The number of nitrogens with zero attached hydrogens (tertiary/aromatic N) is 1. The molecule has 1 heterocycles. The zero-order valence-corrected chi connectivity index (χ0v) is 13.5. The molecule has 0 saturated carbocycles. The van der Waals surface area contributed by atoms with Crippen LogP contribution in [0.15, 0.2) is 0 Å². The van der Waals surface area contributed by atoms with E-state index in [1.807, 2.05) is 6.26 Å². The molecule has 0 spiro atoms. The molecule has 0 aromatic rings. The van der Waals surface area contributed by atoms with Gasteiger partial charge in [-0.25, -0.2) is 0 Å². The average molecular weight is 274 g/mol. The van der Waals surface area contributed by atoms with Gasteiger partial charge in [-0.15, -0.1) is 0 Å². The smallest absolute Gasteiger partial charge is 0.0385 e. The fourth-order valence-electron chi connectivity index (χ4n) is 3.04. The van der Waals surface area contributed by atoms with E-state index in [0.717, 1.165) is 25.3 Å². The third kappa shape index (κ3) is 3.78. The summed E-state index contributed by atoms with van der Waals surface area (Å²) in [5, 5.41) is 3.75. The van der Waals surface area contributed by atoms with Crippen LogP contribution in [0.1, 0.15) is 47.0 Å². The van der Waals surface area contributed by atoms with Crippen molar-refractivity contribution in [1.82, 2.24) is 10.2 Å². The summed E-state index contributed by atoms with van der Waals surface area (Å²) in [6.45, 7) is 11.2. The van der Waals surface area contributed by atoms with Gasteiger partial charge in [0.25, 0.3) is 0 Å². The molecular weight excluding hydrogens is 244 g/mol. The average Bonchev–Trinajstić information content (AvgIpc) is 2.37. The molecule has 0 bridgehead atoms. The van der Waals surface area contributed by atoms with Crippen LogP contribution in [0.2, 0.25) is 0 Å². The molecule has 1 saturated heterocycles. The highest BCUT2D eigenvalue weighted by atomic mass is 32.2. The van der Waals surface area contributed by atoms with E-state index in [2.05, 4.69) is 37.9 Å². The van der Waals surface area contributed by atoms with Gasteiger partial charge in [-0.2, -0.15) is 0 Å². The molecule has 1 aliphatic rings.